The van der Waals surface area contributed by atoms with Crippen molar-refractivity contribution in [1.29, 1.82) is 0 Å². The second kappa shape index (κ2) is 9.15. The van der Waals surface area contributed by atoms with Crippen molar-refractivity contribution in [2.75, 3.05) is 25.5 Å². The van der Waals surface area contributed by atoms with Crippen LogP contribution in [-0.4, -0.2) is 46.7 Å². The van der Waals surface area contributed by atoms with E-state index >= 15 is 0 Å². The van der Waals surface area contributed by atoms with Crippen LogP contribution in [0.3, 0.4) is 0 Å². The van der Waals surface area contributed by atoms with Gasteiger partial charge < -0.3 is 21.1 Å². The van der Waals surface area contributed by atoms with E-state index in [1.807, 2.05) is 0 Å². The lowest BCUT2D eigenvalue weighted by Crippen LogP contribution is -2.25. The highest BCUT2D eigenvalue weighted by molar-refractivity contribution is 5.94. The summed E-state index contributed by atoms with van der Waals surface area (Å²) < 4.78 is 6.81. The van der Waals surface area contributed by atoms with Gasteiger partial charge in [0.2, 0.25) is 0 Å². The van der Waals surface area contributed by atoms with Crippen LogP contribution in [-0.2, 0) is 4.74 Å². The number of hydrogen-bond acceptors (Lipinski definition) is 6. The van der Waals surface area contributed by atoms with Gasteiger partial charge in [0.1, 0.15) is 18.1 Å². The zero-order valence-electron chi connectivity index (χ0n) is 14.9. The molecule has 10 heteroatoms. The molecule has 0 aromatic carbocycles. The Morgan fingerprint density at radius 3 is 2.74 bits per heavy atom. The SMILES string of the molecule is C=C/C(NC(=O)c1ccc2nc(NC(=O)NC)cn2n1)=C(\C=C)OCCN. The predicted octanol–water partition coefficient (Wildman–Crippen LogP) is 0.769. The molecule has 2 aromatic heterocycles. The standard InChI is InChI=1S/C17H21N7O3/c1-4-11(13(5-2)27-9-8-18)20-16(25)12-6-7-15-21-14(10-24(15)23-12)22-17(26)19-3/h4-7,10H,1-2,8-9,18H2,3H3,(H,20,25)(H2,19,22,26)/b13-11-. The Bertz CT molecular complexity index is 901. The molecule has 27 heavy (non-hydrogen) atoms. The minimum Gasteiger partial charge on any atom is -0.490 e. The molecule has 2 rings (SSSR count). The number of nitrogens with two attached hydrogens (primary N) is 1. The number of nitrogens with one attached hydrogen (secondary N) is 3. The van der Waals surface area contributed by atoms with Crippen molar-refractivity contribution in [3.8, 4) is 0 Å². The van der Waals surface area contributed by atoms with Gasteiger partial charge in [-0.05, 0) is 24.3 Å². The number of carbonyl (C=O) groups is 2. The molecule has 5 N–H and O–H groups in total. The van der Waals surface area contributed by atoms with Crippen LogP contribution in [0.2, 0.25) is 0 Å². The van der Waals surface area contributed by atoms with Gasteiger partial charge in [-0.25, -0.2) is 14.3 Å². The van der Waals surface area contributed by atoms with E-state index in [1.165, 1.54) is 36.0 Å². The zero-order chi connectivity index (χ0) is 19.8. The number of anilines is 1. The number of amides is 3. The highest BCUT2D eigenvalue weighted by atomic mass is 16.5. The molecule has 0 aliphatic rings. The van der Waals surface area contributed by atoms with Crippen LogP contribution in [0.1, 0.15) is 10.5 Å². The topological polar surface area (TPSA) is 136 Å². The Morgan fingerprint density at radius 2 is 2.11 bits per heavy atom. The molecule has 0 saturated carbocycles. The summed E-state index contributed by atoms with van der Waals surface area (Å²) in [4.78, 5) is 28.0. The number of carbonyl (C=O) groups excluding carboxylic acids is 2. The van der Waals surface area contributed by atoms with Gasteiger partial charge in [-0.15, -0.1) is 0 Å². The summed E-state index contributed by atoms with van der Waals surface area (Å²) in [6.07, 6.45) is 4.38. The molecule has 0 saturated heterocycles. The molecule has 142 valence electrons. The Hall–Kier alpha value is -3.66. The van der Waals surface area contributed by atoms with E-state index in [-0.39, 0.29) is 12.3 Å². The molecule has 10 nitrogen and oxygen atoms in total. The van der Waals surface area contributed by atoms with Crippen LogP contribution in [0.25, 0.3) is 5.65 Å². The zero-order valence-corrected chi connectivity index (χ0v) is 14.9. The first-order valence-corrected chi connectivity index (χ1v) is 8.01. The van der Waals surface area contributed by atoms with Crippen LogP contribution in [0, 0.1) is 0 Å². The van der Waals surface area contributed by atoms with E-state index in [1.54, 1.807) is 6.07 Å². The number of ether oxygens (including phenoxy) is 1. The van der Waals surface area contributed by atoms with Crippen LogP contribution in [0.15, 0.2) is 55.1 Å². The summed E-state index contributed by atoms with van der Waals surface area (Å²) in [6, 6.07) is 2.70. The first kappa shape index (κ1) is 19.7. The summed E-state index contributed by atoms with van der Waals surface area (Å²) in [5, 5.41) is 11.8. The number of fused-ring (bicyclic) bond motifs is 1. The van der Waals surface area contributed by atoms with E-state index in [0.29, 0.717) is 29.5 Å². The molecule has 0 atom stereocenters. The quantitative estimate of drug-likeness (QED) is 0.400. The Morgan fingerprint density at radius 1 is 1.33 bits per heavy atom. The summed E-state index contributed by atoms with van der Waals surface area (Å²) in [7, 11) is 1.49. The maximum Gasteiger partial charge on any atom is 0.320 e. The largest absolute Gasteiger partial charge is 0.490 e. The Balaban J connectivity index is 2.23. The highest BCUT2D eigenvalue weighted by Crippen LogP contribution is 2.11. The first-order chi connectivity index (χ1) is 13.0. The molecule has 0 bridgehead atoms. The lowest BCUT2D eigenvalue weighted by molar-refractivity contribution is 0.0957. The first-order valence-electron chi connectivity index (χ1n) is 8.01. The summed E-state index contributed by atoms with van der Waals surface area (Å²) in [5.74, 6) is 0.178. The molecular formula is C17H21N7O3. The van der Waals surface area contributed by atoms with E-state index in [2.05, 4.69) is 39.2 Å². The maximum atomic E-state index is 12.5. The number of nitrogens with zero attached hydrogens (tertiary/aromatic N) is 3. The third-order valence-electron chi connectivity index (χ3n) is 3.30. The van der Waals surface area contributed by atoms with Crippen LogP contribution in [0.4, 0.5) is 10.6 Å². The van der Waals surface area contributed by atoms with Crippen molar-refractivity contribution in [3.05, 3.63) is 60.8 Å². The van der Waals surface area contributed by atoms with Gasteiger partial charge in [0.15, 0.2) is 11.5 Å². The average molecular weight is 371 g/mol. The predicted molar refractivity (Wildman–Crippen MR) is 101 cm³/mol. The van der Waals surface area contributed by atoms with Crippen molar-refractivity contribution in [2.24, 2.45) is 5.73 Å². The van der Waals surface area contributed by atoms with Gasteiger partial charge in [-0.2, -0.15) is 5.10 Å². The number of imidazole rings is 1. The summed E-state index contributed by atoms with van der Waals surface area (Å²) >= 11 is 0. The van der Waals surface area contributed by atoms with Gasteiger partial charge in [-0.3, -0.25) is 10.1 Å². The molecule has 2 aromatic rings. The van der Waals surface area contributed by atoms with Gasteiger partial charge in [0.05, 0.1) is 11.9 Å². The fraction of sp³-hybridized carbons (Fsp3) is 0.176. The summed E-state index contributed by atoms with van der Waals surface area (Å²) in [5.41, 5.74) is 6.36. The lowest BCUT2D eigenvalue weighted by atomic mass is 10.3. The van der Waals surface area contributed by atoms with E-state index in [4.69, 9.17) is 10.5 Å². The normalized spacial score (nSPS) is 11.3. The van der Waals surface area contributed by atoms with Crippen molar-refractivity contribution in [1.82, 2.24) is 25.2 Å². The maximum absolute atomic E-state index is 12.5. The molecule has 0 aliphatic carbocycles. The molecule has 0 aliphatic heterocycles. The summed E-state index contributed by atoms with van der Waals surface area (Å²) in [6.45, 7) is 7.90. The monoisotopic (exact) mass is 371 g/mol. The highest BCUT2D eigenvalue weighted by Gasteiger charge is 2.13. The van der Waals surface area contributed by atoms with Crippen LogP contribution >= 0.6 is 0 Å². The fourth-order valence-electron chi connectivity index (χ4n) is 2.06. The van der Waals surface area contributed by atoms with Gasteiger partial charge in [0.25, 0.3) is 5.91 Å². The number of aromatic nitrogens is 3. The molecule has 3 amide bonds. The third-order valence-corrected chi connectivity index (χ3v) is 3.30. The number of rotatable bonds is 8. The van der Waals surface area contributed by atoms with Crippen molar-refractivity contribution < 1.29 is 14.3 Å². The van der Waals surface area contributed by atoms with E-state index in [0.717, 1.165) is 0 Å². The van der Waals surface area contributed by atoms with Crippen molar-refractivity contribution >= 4 is 23.4 Å². The Labute approximate surface area is 155 Å². The lowest BCUT2D eigenvalue weighted by Gasteiger charge is -2.11. The van der Waals surface area contributed by atoms with Gasteiger partial charge >= 0.3 is 6.03 Å². The van der Waals surface area contributed by atoms with E-state index < -0.39 is 11.9 Å². The fourth-order valence-corrected chi connectivity index (χ4v) is 2.06. The van der Waals surface area contributed by atoms with Crippen LogP contribution in [0.5, 0.6) is 0 Å². The molecule has 2 heterocycles. The molecule has 0 radical (unpaired) electrons. The second-order valence-electron chi connectivity index (χ2n) is 5.13. The molecule has 0 unspecified atom stereocenters. The average Bonchev–Trinajstić information content (AvgIpc) is 3.08. The third kappa shape index (κ3) is 4.92. The van der Waals surface area contributed by atoms with Crippen molar-refractivity contribution in [2.45, 2.75) is 0 Å². The molecular weight excluding hydrogens is 350 g/mol. The Kier molecular flexibility index (Phi) is 6.67. The van der Waals surface area contributed by atoms with Crippen LogP contribution < -0.4 is 21.7 Å². The molecule has 0 spiro atoms. The van der Waals surface area contributed by atoms with E-state index in [9.17, 15) is 9.59 Å². The number of urea groups is 1. The van der Waals surface area contributed by atoms with Crippen molar-refractivity contribution in [3.63, 3.8) is 0 Å². The number of allylic oxidation sites excluding steroid dienone is 2. The minimum absolute atomic E-state index is 0.132. The number of hydrogen-bond donors (Lipinski definition) is 4. The smallest absolute Gasteiger partial charge is 0.320 e. The van der Waals surface area contributed by atoms with Gasteiger partial charge in [-0.1, -0.05) is 13.2 Å². The minimum atomic E-state index is -0.475. The molecule has 0 fully saturated rings. The second-order valence-corrected chi connectivity index (χ2v) is 5.13. The van der Waals surface area contributed by atoms with Gasteiger partial charge in [0, 0.05) is 13.6 Å².